The van der Waals surface area contributed by atoms with Crippen molar-refractivity contribution in [3.63, 3.8) is 0 Å². The first-order valence-electron chi connectivity index (χ1n) is 8.50. The van der Waals surface area contributed by atoms with E-state index < -0.39 is 0 Å². The number of rotatable bonds is 6. The number of nitrogens with zero attached hydrogens (tertiary/aromatic N) is 5. The third-order valence-electron chi connectivity index (χ3n) is 3.88. The summed E-state index contributed by atoms with van der Waals surface area (Å²) in [5.41, 5.74) is 1.77. The van der Waals surface area contributed by atoms with Crippen LogP contribution in [0.25, 0.3) is 17.1 Å². The van der Waals surface area contributed by atoms with Crippen LogP contribution in [-0.2, 0) is 4.79 Å². The second kappa shape index (κ2) is 8.32. The van der Waals surface area contributed by atoms with Gasteiger partial charge in [-0.15, -0.1) is 21.5 Å². The third-order valence-corrected chi connectivity index (χ3v) is 5.61. The molecule has 28 heavy (non-hydrogen) atoms. The van der Waals surface area contributed by atoms with Gasteiger partial charge in [0, 0.05) is 35.2 Å². The predicted octanol–water partition coefficient (Wildman–Crippen LogP) is 3.91. The average molecular weight is 409 g/mol. The molecule has 1 N–H and O–H groups in total. The number of hydrogen-bond donors (Lipinski definition) is 1. The first-order valence-corrected chi connectivity index (χ1v) is 10.3. The fraction of sp³-hybridized carbons (Fsp3) is 0.105. The highest BCUT2D eigenvalue weighted by Gasteiger charge is 2.22. The molecule has 0 saturated carbocycles. The molecule has 140 valence electrons. The van der Waals surface area contributed by atoms with Crippen LogP contribution in [-0.4, -0.2) is 35.9 Å². The van der Waals surface area contributed by atoms with Crippen molar-refractivity contribution in [2.75, 3.05) is 5.32 Å². The summed E-state index contributed by atoms with van der Waals surface area (Å²) in [5.74, 6) is 0.542. The zero-order chi connectivity index (χ0) is 19.3. The molecule has 3 heterocycles. The van der Waals surface area contributed by atoms with Crippen LogP contribution in [0.15, 0.2) is 71.6 Å². The summed E-state index contributed by atoms with van der Waals surface area (Å²) in [6.45, 7) is 1.83. The monoisotopic (exact) mass is 408 g/mol. The maximum Gasteiger partial charge on any atom is 0.239 e. The number of thiazole rings is 1. The van der Waals surface area contributed by atoms with E-state index in [9.17, 15) is 4.79 Å². The zero-order valence-corrected chi connectivity index (χ0v) is 16.5. The van der Waals surface area contributed by atoms with Gasteiger partial charge >= 0.3 is 0 Å². The molecule has 0 spiro atoms. The van der Waals surface area contributed by atoms with Crippen molar-refractivity contribution in [1.82, 2.24) is 24.7 Å². The topological polar surface area (TPSA) is 85.6 Å². The SMILES string of the molecule is C[C@@H](Sc1nnc(-c2cccnc2)n1-c1ccccc1)C(=O)Nc1nccs1. The van der Waals surface area contributed by atoms with E-state index in [-0.39, 0.29) is 11.2 Å². The second-order valence-corrected chi connectivity index (χ2v) is 8.01. The minimum atomic E-state index is -0.377. The van der Waals surface area contributed by atoms with E-state index in [1.165, 1.54) is 23.1 Å². The van der Waals surface area contributed by atoms with Gasteiger partial charge in [-0.25, -0.2) is 4.98 Å². The quantitative estimate of drug-likeness (QED) is 0.487. The van der Waals surface area contributed by atoms with Crippen LogP contribution in [0.4, 0.5) is 5.13 Å². The van der Waals surface area contributed by atoms with Crippen molar-refractivity contribution >= 4 is 34.1 Å². The Morgan fingerprint density at radius 3 is 2.71 bits per heavy atom. The Labute approximate surface area is 169 Å². The van der Waals surface area contributed by atoms with Gasteiger partial charge < -0.3 is 5.32 Å². The molecule has 0 bridgehead atoms. The number of aromatic nitrogens is 5. The summed E-state index contributed by atoms with van der Waals surface area (Å²) in [7, 11) is 0. The predicted molar refractivity (Wildman–Crippen MR) is 111 cm³/mol. The van der Waals surface area contributed by atoms with Crippen LogP contribution in [0.3, 0.4) is 0 Å². The molecule has 1 atom stereocenters. The smallest absolute Gasteiger partial charge is 0.239 e. The van der Waals surface area contributed by atoms with Gasteiger partial charge in [0.1, 0.15) is 0 Å². The third kappa shape index (κ3) is 3.95. The molecule has 7 nitrogen and oxygen atoms in total. The molecule has 1 amide bonds. The molecule has 1 aromatic carbocycles. The van der Waals surface area contributed by atoms with E-state index in [0.29, 0.717) is 16.1 Å². The highest BCUT2D eigenvalue weighted by molar-refractivity contribution is 8.00. The Morgan fingerprint density at radius 2 is 2.00 bits per heavy atom. The van der Waals surface area contributed by atoms with E-state index in [1.807, 2.05) is 59.3 Å². The number of pyridine rings is 1. The van der Waals surface area contributed by atoms with Gasteiger partial charge in [0.15, 0.2) is 16.1 Å². The Bertz CT molecular complexity index is 1050. The molecular weight excluding hydrogens is 392 g/mol. The van der Waals surface area contributed by atoms with Crippen LogP contribution in [0, 0.1) is 0 Å². The van der Waals surface area contributed by atoms with Crippen molar-refractivity contribution in [3.8, 4) is 17.1 Å². The Balaban J connectivity index is 1.65. The Morgan fingerprint density at radius 1 is 1.14 bits per heavy atom. The van der Waals surface area contributed by atoms with Crippen LogP contribution < -0.4 is 5.32 Å². The highest BCUT2D eigenvalue weighted by Crippen LogP contribution is 2.30. The van der Waals surface area contributed by atoms with Gasteiger partial charge in [-0.3, -0.25) is 14.3 Å². The second-order valence-electron chi connectivity index (χ2n) is 5.81. The molecule has 0 aliphatic rings. The molecular formula is C19H16N6OS2. The number of nitrogens with one attached hydrogen (secondary N) is 1. The molecule has 0 aliphatic heterocycles. The summed E-state index contributed by atoms with van der Waals surface area (Å²) in [6, 6.07) is 13.6. The van der Waals surface area contributed by atoms with Crippen molar-refractivity contribution in [3.05, 3.63) is 66.4 Å². The molecule has 4 aromatic rings. The van der Waals surface area contributed by atoms with E-state index in [4.69, 9.17) is 0 Å². The van der Waals surface area contributed by atoms with Crippen molar-refractivity contribution in [2.24, 2.45) is 0 Å². The number of carbonyl (C=O) groups is 1. The Kier molecular flexibility index (Phi) is 5.45. The van der Waals surface area contributed by atoms with Crippen molar-refractivity contribution in [2.45, 2.75) is 17.3 Å². The number of benzene rings is 1. The molecule has 0 radical (unpaired) electrons. The summed E-state index contributed by atoms with van der Waals surface area (Å²) in [5, 5.41) is 14.2. The van der Waals surface area contributed by atoms with Gasteiger partial charge in [-0.1, -0.05) is 30.0 Å². The van der Waals surface area contributed by atoms with Crippen LogP contribution in [0.2, 0.25) is 0 Å². The highest BCUT2D eigenvalue weighted by atomic mass is 32.2. The lowest BCUT2D eigenvalue weighted by molar-refractivity contribution is -0.115. The van der Waals surface area contributed by atoms with Crippen molar-refractivity contribution in [1.29, 1.82) is 0 Å². The van der Waals surface area contributed by atoms with Gasteiger partial charge in [-0.2, -0.15) is 0 Å². The van der Waals surface area contributed by atoms with Gasteiger partial charge in [0.05, 0.1) is 5.25 Å². The molecule has 4 rings (SSSR count). The van der Waals surface area contributed by atoms with E-state index >= 15 is 0 Å². The fourth-order valence-corrected chi connectivity index (χ4v) is 3.94. The molecule has 3 aromatic heterocycles. The molecule has 0 aliphatic carbocycles. The van der Waals surface area contributed by atoms with Crippen LogP contribution in [0.1, 0.15) is 6.92 Å². The van der Waals surface area contributed by atoms with Gasteiger partial charge in [-0.05, 0) is 31.2 Å². The maximum absolute atomic E-state index is 12.5. The van der Waals surface area contributed by atoms with E-state index in [1.54, 1.807) is 18.6 Å². The van der Waals surface area contributed by atoms with Gasteiger partial charge in [0.25, 0.3) is 0 Å². The van der Waals surface area contributed by atoms with E-state index in [2.05, 4.69) is 25.5 Å². The number of carbonyl (C=O) groups excluding carboxylic acids is 1. The summed E-state index contributed by atoms with van der Waals surface area (Å²) in [6.07, 6.45) is 5.12. The zero-order valence-electron chi connectivity index (χ0n) is 14.9. The lowest BCUT2D eigenvalue weighted by Crippen LogP contribution is -2.22. The standard InChI is InChI=1S/C19H16N6OS2/c1-13(17(26)22-18-21-10-11-27-18)28-19-24-23-16(14-6-5-9-20-12-14)25(19)15-7-3-2-4-8-15/h2-13H,1H3,(H,21,22,26)/t13-/m1/s1. The first-order chi connectivity index (χ1) is 13.7. The van der Waals surface area contributed by atoms with Crippen LogP contribution >= 0.6 is 23.1 Å². The largest absolute Gasteiger partial charge is 0.301 e. The molecule has 0 unspecified atom stereocenters. The summed E-state index contributed by atoms with van der Waals surface area (Å²) < 4.78 is 1.94. The van der Waals surface area contributed by atoms with Gasteiger partial charge in [0.2, 0.25) is 5.91 Å². The fourth-order valence-electron chi connectivity index (χ4n) is 2.54. The number of thioether (sulfide) groups is 1. The minimum absolute atomic E-state index is 0.134. The minimum Gasteiger partial charge on any atom is -0.301 e. The number of para-hydroxylation sites is 1. The maximum atomic E-state index is 12.5. The number of hydrogen-bond acceptors (Lipinski definition) is 7. The molecule has 9 heteroatoms. The average Bonchev–Trinajstić information content (AvgIpc) is 3.39. The Hall–Kier alpha value is -3.04. The first kappa shape index (κ1) is 18.3. The van der Waals surface area contributed by atoms with Crippen molar-refractivity contribution < 1.29 is 4.79 Å². The number of anilines is 1. The lowest BCUT2D eigenvalue weighted by Gasteiger charge is -2.13. The normalized spacial score (nSPS) is 11.9. The summed E-state index contributed by atoms with van der Waals surface area (Å²) in [4.78, 5) is 20.8. The molecule has 0 fully saturated rings. The summed E-state index contributed by atoms with van der Waals surface area (Å²) >= 11 is 2.73. The lowest BCUT2D eigenvalue weighted by atomic mass is 10.2. The van der Waals surface area contributed by atoms with E-state index in [0.717, 1.165) is 11.3 Å². The number of amides is 1. The molecule has 0 saturated heterocycles. The van der Waals surface area contributed by atoms with Crippen LogP contribution in [0.5, 0.6) is 0 Å².